The summed E-state index contributed by atoms with van der Waals surface area (Å²) < 4.78 is 0. The van der Waals surface area contributed by atoms with Crippen LogP contribution in [-0.2, 0) is 20.8 Å². The van der Waals surface area contributed by atoms with E-state index in [0.717, 1.165) is 19.3 Å². The summed E-state index contributed by atoms with van der Waals surface area (Å²) in [6, 6.07) is -1.87. The van der Waals surface area contributed by atoms with E-state index in [-0.39, 0.29) is 18.2 Å². The van der Waals surface area contributed by atoms with Crippen LogP contribution in [0.5, 0.6) is 0 Å². The number of aromatic nitrogens is 2. The number of hydrogen-bond acceptors (Lipinski definition) is 4. The van der Waals surface area contributed by atoms with Gasteiger partial charge in [-0.05, 0) is 12.3 Å². The third-order valence-electron chi connectivity index (χ3n) is 6.37. The number of imidazole rings is 1. The quantitative estimate of drug-likeness (QED) is 0.177. The second-order valence-corrected chi connectivity index (χ2v) is 9.96. The molecule has 0 unspecified atom stereocenters. The van der Waals surface area contributed by atoms with Gasteiger partial charge in [-0.15, -0.1) is 0 Å². The van der Waals surface area contributed by atoms with Crippen molar-refractivity contribution in [2.45, 2.75) is 129 Å². The van der Waals surface area contributed by atoms with E-state index in [1.807, 2.05) is 13.8 Å². The molecule has 200 valence electrons. The maximum Gasteiger partial charge on any atom is 0.326 e. The minimum atomic E-state index is -1.13. The summed E-state index contributed by atoms with van der Waals surface area (Å²) in [5.41, 5.74) is 0.616. The van der Waals surface area contributed by atoms with Crippen LogP contribution in [0.4, 0.5) is 0 Å². The lowest BCUT2D eigenvalue weighted by Gasteiger charge is -2.24. The van der Waals surface area contributed by atoms with Gasteiger partial charge in [-0.3, -0.25) is 9.59 Å². The molecule has 0 radical (unpaired) electrons. The first-order chi connectivity index (χ1) is 16.8. The normalized spacial score (nSPS) is 12.9. The monoisotopic (exact) mass is 492 g/mol. The lowest BCUT2D eigenvalue weighted by molar-refractivity contribution is -0.142. The predicted octanol–water partition coefficient (Wildman–Crippen LogP) is 5.14. The summed E-state index contributed by atoms with van der Waals surface area (Å²) in [5, 5.41) is 14.8. The molecule has 0 aliphatic rings. The van der Waals surface area contributed by atoms with Gasteiger partial charge in [-0.2, -0.15) is 0 Å². The van der Waals surface area contributed by atoms with Crippen molar-refractivity contribution in [3.05, 3.63) is 18.2 Å². The molecule has 0 saturated heterocycles. The summed E-state index contributed by atoms with van der Waals surface area (Å²) in [6.45, 7) is 5.92. The number of amides is 2. The van der Waals surface area contributed by atoms with Gasteiger partial charge in [0, 0.05) is 24.7 Å². The molecule has 0 aromatic carbocycles. The number of aliphatic carboxylic acids is 1. The number of nitrogens with one attached hydrogen (secondary N) is 3. The van der Waals surface area contributed by atoms with Gasteiger partial charge in [0.05, 0.1) is 6.33 Å². The Morgan fingerprint density at radius 3 is 1.89 bits per heavy atom. The molecule has 0 aliphatic carbocycles. The van der Waals surface area contributed by atoms with E-state index in [4.69, 9.17) is 0 Å². The highest BCUT2D eigenvalue weighted by atomic mass is 16.4. The van der Waals surface area contributed by atoms with Crippen LogP contribution in [-0.4, -0.2) is 44.9 Å². The number of carboxylic acids is 1. The number of rotatable bonds is 21. The first-order valence-electron chi connectivity index (χ1n) is 13.6. The topological polar surface area (TPSA) is 124 Å². The number of H-pyrrole nitrogens is 1. The number of carbonyl (C=O) groups excluding carboxylic acids is 2. The minimum Gasteiger partial charge on any atom is -0.480 e. The van der Waals surface area contributed by atoms with Crippen molar-refractivity contribution in [2.24, 2.45) is 5.92 Å². The Morgan fingerprint density at radius 2 is 1.43 bits per heavy atom. The Labute approximate surface area is 211 Å². The zero-order valence-electron chi connectivity index (χ0n) is 22.1. The molecule has 1 aromatic heterocycles. The van der Waals surface area contributed by atoms with E-state index in [9.17, 15) is 19.5 Å². The molecule has 35 heavy (non-hydrogen) atoms. The number of hydrogen-bond donors (Lipinski definition) is 4. The fourth-order valence-electron chi connectivity index (χ4n) is 4.16. The van der Waals surface area contributed by atoms with E-state index < -0.39 is 24.0 Å². The minimum absolute atomic E-state index is 0.0960. The molecule has 0 bridgehead atoms. The number of carbonyl (C=O) groups is 3. The summed E-state index contributed by atoms with van der Waals surface area (Å²) in [7, 11) is 0. The second kappa shape index (κ2) is 18.9. The first kappa shape index (κ1) is 30.7. The molecule has 0 aliphatic heterocycles. The summed E-state index contributed by atoms with van der Waals surface area (Å²) in [4.78, 5) is 43.5. The van der Waals surface area contributed by atoms with Gasteiger partial charge in [0.2, 0.25) is 11.8 Å². The zero-order valence-corrected chi connectivity index (χ0v) is 22.1. The molecule has 2 amide bonds. The SMILES string of the molecule is CCCCCCCCCCCCCCCC(=O)N[C@H](C(=O)N[C@@H](Cc1cnc[nH]1)C(=O)O)C(C)C. The molecule has 1 aromatic rings. The maximum atomic E-state index is 12.7. The van der Waals surface area contributed by atoms with Crippen molar-refractivity contribution >= 4 is 17.8 Å². The number of aromatic amines is 1. The Bertz CT molecular complexity index is 706. The van der Waals surface area contributed by atoms with Crippen LogP contribution in [0.25, 0.3) is 0 Å². The van der Waals surface area contributed by atoms with E-state index >= 15 is 0 Å². The van der Waals surface area contributed by atoms with Crippen LogP contribution < -0.4 is 10.6 Å². The number of carboxylic acid groups (broad SMARTS) is 1. The van der Waals surface area contributed by atoms with Crippen LogP contribution in [0.1, 0.15) is 116 Å². The van der Waals surface area contributed by atoms with Crippen molar-refractivity contribution in [2.75, 3.05) is 0 Å². The van der Waals surface area contributed by atoms with E-state index in [2.05, 4.69) is 27.5 Å². The van der Waals surface area contributed by atoms with Gasteiger partial charge in [-0.25, -0.2) is 9.78 Å². The zero-order chi connectivity index (χ0) is 25.9. The fourth-order valence-corrected chi connectivity index (χ4v) is 4.16. The molecular weight excluding hydrogens is 444 g/mol. The van der Waals surface area contributed by atoms with Gasteiger partial charge < -0.3 is 20.7 Å². The van der Waals surface area contributed by atoms with Crippen molar-refractivity contribution in [3.63, 3.8) is 0 Å². The van der Waals surface area contributed by atoms with Gasteiger partial charge >= 0.3 is 5.97 Å². The molecule has 4 N–H and O–H groups in total. The van der Waals surface area contributed by atoms with Crippen LogP contribution in [0.15, 0.2) is 12.5 Å². The Morgan fingerprint density at radius 1 is 0.886 bits per heavy atom. The maximum absolute atomic E-state index is 12.7. The number of unbranched alkanes of at least 4 members (excludes halogenated alkanes) is 12. The molecule has 0 saturated carbocycles. The summed E-state index contributed by atoms with van der Waals surface area (Å²) in [6.07, 6.45) is 19.6. The highest BCUT2D eigenvalue weighted by Crippen LogP contribution is 2.13. The lowest BCUT2D eigenvalue weighted by atomic mass is 10.0. The van der Waals surface area contributed by atoms with Crippen LogP contribution in [0.2, 0.25) is 0 Å². The van der Waals surface area contributed by atoms with Crippen molar-refractivity contribution < 1.29 is 19.5 Å². The standard InChI is InChI=1S/C27H48N4O4/c1-4-5-6-7-8-9-10-11-12-13-14-15-16-17-24(32)31-25(21(2)3)26(33)30-23(27(34)35)18-22-19-28-20-29-22/h19-21,23,25H,4-18H2,1-3H3,(H,28,29)(H,30,33)(H,31,32)(H,34,35)/t23-,25-/m0/s1. The van der Waals surface area contributed by atoms with Crippen molar-refractivity contribution in [1.82, 2.24) is 20.6 Å². The van der Waals surface area contributed by atoms with Crippen LogP contribution in [0, 0.1) is 5.92 Å². The van der Waals surface area contributed by atoms with Crippen molar-refractivity contribution in [1.29, 1.82) is 0 Å². The molecule has 8 heteroatoms. The molecule has 2 atom stereocenters. The second-order valence-electron chi connectivity index (χ2n) is 9.96. The van der Waals surface area contributed by atoms with Gasteiger partial charge in [0.25, 0.3) is 0 Å². The highest BCUT2D eigenvalue weighted by Gasteiger charge is 2.28. The van der Waals surface area contributed by atoms with Crippen molar-refractivity contribution in [3.8, 4) is 0 Å². The highest BCUT2D eigenvalue weighted by molar-refractivity contribution is 5.90. The van der Waals surface area contributed by atoms with E-state index in [1.54, 1.807) is 0 Å². The molecule has 8 nitrogen and oxygen atoms in total. The van der Waals surface area contributed by atoms with Gasteiger partial charge in [0.15, 0.2) is 0 Å². The summed E-state index contributed by atoms with van der Waals surface area (Å²) in [5.74, 6) is -1.94. The average Bonchev–Trinajstić information content (AvgIpc) is 3.33. The third kappa shape index (κ3) is 14.6. The third-order valence-corrected chi connectivity index (χ3v) is 6.37. The largest absolute Gasteiger partial charge is 0.480 e. The summed E-state index contributed by atoms with van der Waals surface area (Å²) >= 11 is 0. The molecule has 1 rings (SSSR count). The fraction of sp³-hybridized carbons (Fsp3) is 0.778. The molecular formula is C27H48N4O4. The van der Waals surface area contributed by atoms with E-state index in [1.165, 1.54) is 76.7 Å². The Balaban J connectivity index is 2.22. The molecule has 1 heterocycles. The number of nitrogens with zero attached hydrogens (tertiary/aromatic N) is 1. The van der Waals surface area contributed by atoms with Gasteiger partial charge in [0.1, 0.15) is 12.1 Å². The smallest absolute Gasteiger partial charge is 0.326 e. The Kier molecular flexibility index (Phi) is 16.5. The first-order valence-corrected chi connectivity index (χ1v) is 13.6. The van der Waals surface area contributed by atoms with E-state index in [0.29, 0.717) is 12.1 Å². The molecule has 0 spiro atoms. The van der Waals surface area contributed by atoms with Gasteiger partial charge in [-0.1, -0.05) is 97.8 Å². The average molecular weight is 493 g/mol. The van der Waals surface area contributed by atoms with Crippen LogP contribution in [0.3, 0.4) is 0 Å². The predicted molar refractivity (Wildman–Crippen MR) is 139 cm³/mol. The lowest BCUT2D eigenvalue weighted by Crippen LogP contribution is -2.54. The Hall–Kier alpha value is -2.38. The molecule has 0 fully saturated rings. The van der Waals surface area contributed by atoms with Crippen LogP contribution >= 0.6 is 0 Å².